The zero-order valence-electron chi connectivity index (χ0n) is 18.2. The zero-order valence-corrected chi connectivity index (χ0v) is 18.2. The van der Waals surface area contributed by atoms with Crippen molar-refractivity contribution < 1.29 is 9.21 Å². The summed E-state index contributed by atoms with van der Waals surface area (Å²) >= 11 is 0. The van der Waals surface area contributed by atoms with Crippen molar-refractivity contribution >= 4 is 29.1 Å². The van der Waals surface area contributed by atoms with Crippen LogP contribution < -0.4 is 5.43 Å². The highest BCUT2D eigenvalue weighted by molar-refractivity contribution is 6.07. The van der Waals surface area contributed by atoms with Gasteiger partial charge in [-0.1, -0.05) is 56.3 Å². The highest BCUT2D eigenvalue weighted by Crippen LogP contribution is 2.27. The number of hydrogen-bond acceptors (Lipinski definition) is 4. The van der Waals surface area contributed by atoms with Gasteiger partial charge in [0.25, 0.3) is 5.91 Å². The molecule has 0 aliphatic carbocycles. The first-order valence-corrected chi connectivity index (χ1v) is 10.7. The van der Waals surface area contributed by atoms with E-state index in [0.717, 1.165) is 28.6 Å². The Morgan fingerprint density at radius 1 is 1.12 bits per heavy atom. The summed E-state index contributed by atoms with van der Waals surface area (Å²) in [6, 6.07) is 21.5. The van der Waals surface area contributed by atoms with Crippen molar-refractivity contribution in [2.45, 2.75) is 26.2 Å². The van der Waals surface area contributed by atoms with E-state index in [-0.39, 0.29) is 5.91 Å². The lowest BCUT2D eigenvalue weighted by Gasteiger charge is -2.11. The van der Waals surface area contributed by atoms with E-state index >= 15 is 0 Å². The summed E-state index contributed by atoms with van der Waals surface area (Å²) < 4.78 is 5.22. The number of furan rings is 1. The number of hydrazone groups is 1. The Kier molecular flexibility index (Phi) is 6.56. The van der Waals surface area contributed by atoms with E-state index in [0.29, 0.717) is 17.2 Å². The van der Waals surface area contributed by atoms with Gasteiger partial charge < -0.3 is 4.42 Å². The fraction of sp³-hybridized carbons (Fsp3) is 0.148. The first-order chi connectivity index (χ1) is 15.7. The third kappa shape index (κ3) is 4.83. The number of benzene rings is 2. The van der Waals surface area contributed by atoms with E-state index in [2.05, 4.69) is 48.6 Å². The molecule has 0 spiro atoms. The molecule has 0 unspecified atom stereocenters. The molecule has 0 saturated heterocycles. The number of rotatable bonds is 7. The van der Waals surface area contributed by atoms with Crippen LogP contribution in [0.15, 0.2) is 88.6 Å². The van der Waals surface area contributed by atoms with Gasteiger partial charge in [0.15, 0.2) is 0 Å². The van der Waals surface area contributed by atoms with Gasteiger partial charge in [0.05, 0.1) is 23.0 Å². The fourth-order valence-electron chi connectivity index (χ4n) is 3.45. The normalized spacial score (nSPS) is 12.6. The molecule has 1 amide bonds. The van der Waals surface area contributed by atoms with Gasteiger partial charge in [0.2, 0.25) is 0 Å². The molecular formula is C27H25N3O2. The van der Waals surface area contributed by atoms with Crippen molar-refractivity contribution in [2.24, 2.45) is 5.10 Å². The lowest BCUT2D eigenvalue weighted by atomic mass is 9.96. The Morgan fingerprint density at radius 2 is 1.94 bits per heavy atom. The van der Waals surface area contributed by atoms with Crippen LogP contribution >= 0.6 is 0 Å². The molecule has 0 bridgehead atoms. The van der Waals surface area contributed by atoms with Crippen molar-refractivity contribution in [3.05, 3.63) is 96.0 Å². The smallest absolute Gasteiger partial charge is 0.272 e. The number of carbonyl (C=O) groups excluding carboxylic acids is 1. The second-order valence-electron chi connectivity index (χ2n) is 7.60. The summed E-state index contributed by atoms with van der Waals surface area (Å²) in [6.45, 7) is 4.40. The van der Waals surface area contributed by atoms with Crippen LogP contribution in [-0.2, 0) is 0 Å². The Balaban J connectivity index is 1.60. The number of nitrogens with zero attached hydrogens (tertiary/aromatic N) is 2. The highest BCUT2D eigenvalue weighted by atomic mass is 16.3. The van der Waals surface area contributed by atoms with Gasteiger partial charge in [-0.3, -0.25) is 4.79 Å². The summed E-state index contributed by atoms with van der Waals surface area (Å²) in [4.78, 5) is 17.7. The van der Waals surface area contributed by atoms with Crippen molar-refractivity contribution in [3.8, 4) is 11.3 Å². The average Bonchev–Trinajstić information content (AvgIpc) is 3.36. The van der Waals surface area contributed by atoms with E-state index in [1.54, 1.807) is 18.4 Å². The van der Waals surface area contributed by atoms with E-state index in [4.69, 9.17) is 9.40 Å². The molecule has 1 N–H and O–H groups in total. The first-order valence-electron chi connectivity index (χ1n) is 10.7. The second kappa shape index (κ2) is 9.88. The largest absolute Gasteiger partial charge is 0.465 e. The van der Waals surface area contributed by atoms with Crippen LogP contribution in [0.3, 0.4) is 0 Å². The van der Waals surface area contributed by atoms with Crippen LogP contribution in [0.4, 0.5) is 0 Å². The van der Waals surface area contributed by atoms with Gasteiger partial charge in [0, 0.05) is 17.2 Å². The number of fused-ring (bicyclic) bond motifs is 1. The van der Waals surface area contributed by atoms with Crippen LogP contribution in [0.1, 0.15) is 47.9 Å². The number of nitrogens with one attached hydrogen (secondary N) is 1. The minimum Gasteiger partial charge on any atom is -0.465 e. The monoisotopic (exact) mass is 423 g/mol. The summed E-state index contributed by atoms with van der Waals surface area (Å²) in [5, 5.41) is 4.81. The summed E-state index contributed by atoms with van der Waals surface area (Å²) in [5.74, 6) is 0.935. The predicted octanol–water partition coefficient (Wildman–Crippen LogP) is 6.44. The molecule has 0 aliphatic heterocycles. The van der Waals surface area contributed by atoms with Gasteiger partial charge in [-0.25, -0.2) is 10.4 Å². The summed E-state index contributed by atoms with van der Waals surface area (Å²) in [6.07, 6.45) is 7.67. The minimum atomic E-state index is -0.288. The number of pyridine rings is 1. The van der Waals surface area contributed by atoms with Gasteiger partial charge in [-0.15, -0.1) is 0 Å². The maximum absolute atomic E-state index is 12.9. The summed E-state index contributed by atoms with van der Waals surface area (Å²) in [7, 11) is 0. The Hall–Kier alpha value is -3.99. The third-order valence-corrected chi connectivity index (χ3v) is 5.48. The predicted molar refractivity (Wildman–Crippen MR) is 130 cm³/mol. The number of para-hydroxylation sites is 1. The molecule has 32 heavy (non-hydrogen) atoms. The van der Waals surface area contributed by atoms with Crippen molar-refractivity contribution in [1.29, 1.82) is 0 Å². The molecule has 2 aromatic carbocycles. The molecule has 160 valence electrons. The topological polar surface area (TPSA) is 67.5 Å². The van der Waals surface area contributed by atoms with Crippen LogP contribution in [0.5, 0.6) is 0 Å². The quantitative estimate of drug-likeness (QED) is 0.275. The molecule has 0 saturated carbocycles. The molecule has 5 heteroatoms. The maximum atomic E-state index is 12.9. The molecule has 5 nitrogen and oxygen atoms in total. The molecule has 4 aromatic rings. The van der Waals surface area contributed by atoms with Crippen molar-refractivity contribution in [2.75, 3.05) is 0 Å². The molecule has 0 fully saturated rings. The Labute approximate surface area is 187 Å². The van der Waals surface area contributed by atoms with E-state index in [9.17, 15) is 4.79 Å². The average molecular weight is 424 g/mol. The molecule has 2 aromatic heterocycles. The number of allylic oxidation sites excluding steroid dienone is 1. The number of hydrogen-bond donors (Lipinski definition) is 1. The number of amides is 1. The first kappa shape index (κ1) is 21.2. The lowest BCUT2D eigenvalue weighted by Crippen LogP contribution is -2.18. The summed E-state index contributed by atoms with van der Waals surface area (Å²) in [5.41, 5.74) is 6.93. The SMILES string of the molecule is CC[C@@H](C)c1ccc(-c2cc(C(=O)NN=C/C=C/c3ccco3)c3ccccc3n2)cc1. The second-order valence-corrected chi connectivity index (χ2v) is 7.60. The van der Waals surface area contributed by atoms with Crippen LogP contribution in [0, 0.1) is 0 Å². The fourth-order valence-corrected chi connectivity index (χ4v) is 3.45. The van der Waals surface area contributed by atoms with Gasteiger partial charge >= 0.3 is 0 Å². The van der Waals surface area contributed by atoms with E-state index in [1.807, 2.05) is 42.5 Å². The van der Waals surface area contributed by atoms with Crippen molar-refractivity contribution in [3.63, 3.8) is 0 Å². The van der Waals surface area contributed by atoms with E-state index in [1.165, 1.54) is 11.8 Å². The number of carbonyl (C=O) groups is 1. The maximum Gasteiger partial charge on any atom is 0.272 e. The highest BCUT2D eigenvalue weighted by Gasteiger charge is 2.14. The molecular weight excluding hydrogens is 398 g/mol. The van der Waals surface area contributed by atoms with Crippen LogP contribution in [0.25, 0.3) is 28.2 Å². The molecule has 4 rings (SSSR count). The minimum absolute atomic E-state index is 0.288. The molecule has 0 aliphatic rings. The molecule has 0 radical (unpaired) electrons. The molecule has 1 atom stereocenters. The zero-order chi connectivity index (χ0) is 22.3. The van der Waals surface area contributed by atoms with Crippen molar-refractivity contribution in [1.82, 2.24) is 10.4 Å². The Morgan fingerprint density at radius 3 is 2.69 bits per heavy atom. The Bertz CT molecular complexity index is 1260. The van der Waals surface area contributed by atoms with Gasteiger partial charge in [-0.05, 0) is 54.3 Å². The van der Waals surface area contributed by atoms with Gasteiger partial charge in [-0.2, -0.15) is 5.10 Å². The molecule has 2 heterocycles. The lowest BCUT2D eigenvalue weighted by molar-refractivity contribution is 0.0956. The van der Waals surface area contributed by atoms with Crippen LogP contribution in [0.2, 0.25) is 0 Å². The van der Waals surface area contributed by atoms with Crippen LogP contribution in [-0.4, -0.2) is 17.1 Å². The third-order valence-electron chi connectivity index (χ3n) is 5.48. The standard InChI is InChI=1S/C27H25N3O2/c1-3-19(2)20-12-14-21(15-13-20)26-18-24(23-10-4-5-11-25(23)29-26)27(31)30-28-16-6-8-22-9-7-17-32-22/h4-19H,3H2,1-2H3,(H,30,31)/b8-6+,28-16?/t19-/m1/s1. The number of aromatic nitrogens is 1. The van der Waals surface area contributed by atoms with E-state index < -0.39 is 0 Å². The van der Waals surface area contributed by atoms with Gasteiger partial charge in [0.1, 0.15) is 5.76 Å².